The molecule has 6 N–H and O–H groups in total. The Kier molecular flexibility index (Phi) is 28.7. The molecule has 52 heavy (non-hydrogen) atoms. The third-order valence-corrected chi connectivity index (χ3v) is 8.98. The number of fused-ring (bicyclic) bond motifs is 4. The first kappa shape index (κ1) is 57.3. The SMILES string of the molecule is COC(=O)C1(C(=O)O)C2=NCCN1CCC2.O=C(O)C(=C([O-])O)[N+]1=C2CCC[N+]2=CC1.O=C(O)C(=C([O-])O)[NH+]1CCN2CCCC21.[CH3-].[Y].[Y].[Y].[Y].[Y]. The first-order valence-electron chi connectivity index (χ1n) is 15.0. The number of amidine groups is 1. The number of carboxylic acid groups (broad SMARTS) is 3. The third kappa shape index (κ3) is 12.5. The molecule has 4 fully saturated rings. The number of carbonyl (C=O) groups is 4. The zero-order chi connectivity index (χ0) is 33.8. The van der Waals surface area contributed by atoms with Gasteiger partial charge in [-0.05, 0) is 19.3 Å². The van der Waals surface area contributed by atoms with Gasteiger partial charge in [0.1, 0.15) is 24.5 Å². The van der Waals surface area contributed by atoms with Crippen molar-refractivity contribution in [1.82, 2.24) is 9.80 Å². The molecule has 0 spiro atoms. The molecular weight excluding hydrogens is 1070 g/mol. The summed E-state index contributed by atoms with van der Waals surface area (Å²) < 4.78 is 7.93. The predicted molar refractivity (Wildman–Crippen MR) is 157 cm³/mol. The third-order valence-electron chi connectivity index (χ3n) is 8.98. The maximum absolute atomic E-state index is 11.8. The fourth-order valence-corrected chi connectivity index (χ4v) is 7.06. The number of carbonyl (C=O) groups excluding carboxylic acids is 1. The molecule has 0 saturated carbocycles. The number of hydrogen-bond acceptors (Lipinski definition) is 12. The van der Waals surface area contributed by atoms with E-state index in [2.05, 4.69) is 14.6 Å². The smallest absolute Gasteiger partial charge is 0.419 e. The van der Waals surface area contributed by atoms with E-state index in [0.717, 1.165) is 57.6 Å². The Labute approximate surface area is 427 Å². The minimum atomic E-state index is -1.66. The second kappa shape index (κ2) is 26.1. The Morgan fingerprint density at radius 1 is 0.904 bits per heavy atom. The zero-order valence-electron chi connectivity index (χ0n) is 29.3. The van der Waals surface area contributed by atoms with E-state index < -0.39 is 52.7 Å². The fraction of sp³-hybridized carbons (Fsp3) is 0.586. The van der Waals surface area contributed by atoms with Crippen LogP contribution in [0.1, 0.15) is 38.5 Å². The molecule has 23 heteroatoms. The van der Waals surface area contributed by atoms with Crippen LogP contribution in [0.4, 0.5) is 0 Å². The number of carboxylic acids is 3. The summed E-state index contributed by atoms with van der Waals surface area (Å²) in [5, 5.41) is 66.4. The Morgan fingerprint density at radius 3 is 2.08 bits per heavy atom. The van der Waals surface area contributed by atoms with Gasteiger partial charge in [-0.3, -0.25) is 14.8 Å². The Bertz CT molecular complexity index is 1450. The monoisotopic (exact) mass is 1110 g/mol. The van der Waals surface area contributed by atoms with E-state index in [-0.39, 0.29) is 177 Å². The maximum atomic E-state index is 11.8. The average molecular weight is 1110 g/mol. The fourth-order valence-electron chi connectivity index (χ4n) is 7.06. The molecule has 2 bridgehead atoms. The zero-order valence-corrected chi connectivity index (χ0v) is 43.5. The molecule has 4 unspecified atom stereocenters. The molecule has 18 nitrogen and oxygen atoms in total. The summed E-state index contributed by atoms with van der Waals surface area (Å²) in [5.41, 5.74) is -2.20. The van der Waals surface area contributed by atoms with Crippen LogP contribution in [-0.2, 0) is 187 Å². The topological polar surface area (TPSA) is 254 Å². The molecule has 0 aliphatic carbocycles. The van der Waals surface area contributed by atoms with E-state index in [1.54, 1.807) is 4.90 Å². The molecular formula is C29H42N6O12Y5. The number of rotatable bonds is 6. The van der Waals surface area contributed by atoms with Gasteiger partial charge >= 0.3 is 35.4 Å². The van der Waals surface area contributed by atoms with Crippen LogP contribution in [-0.4, -0.2) is 157 Å². The summed E-state index contributed by atoms with van der Waals surface area (Å²) in [6.45, 7) is 5.16. The molecule has 0 aromatic rings. The minimum Gasteiger partial charge on any atom is -0.625 e. The number of methoxy groups -OCH3 is 1. The van der Waals surface area contributed by atoms with Crippen LogP contribution in [0.3, 0.4) is 0 Å². The number of ether oxygens (including phenoxy) is 1. The molecule has 6 rings (SSSR count). The summed E-state index contributed by atoms with van der Waals surface area (Å²) in [6, 6.07) is 0. The number of nitrogens with one attached hydrogen (secondary N) is 1. The molecule has 5 radical (unpaired) electrons. The molecule has 0 aromatic heterocycles. The Hall–Kier alpha value is 0.969. The van der Waals surface area contributed by atoms with Crippen molar-refractivity contribution in [3.63, 3.8) is 0 Å². The quantitative estimate of drug-likeness (QED) is 0.0370. The van der Waals surface area contributed by atoms with Crippen LogP contribution in [0.25, 0.3) is 0 Å². The Morgan fingerprint density at radius 2 is 1.56 bits per heavy atom. The Balaban J connectivity index is -0.000000655. The van der Waals surface area contributed by atoms with Crippen LogP contribution in [0.15, 0.2) is 28.3 Å². The van der Waals surface area contributed by atoms with Gasteiger partial charge < -0.3 is 47.9 Å². The molecule has 0 amide bonds. The average Bonchev–Trinajstić information content (AvgIpc) is 3.77. The summed E-state index contributed by atoms with van der Waals surface area (Å²) in [5.74, 6) is -6.54. The number of piperidine rings is 1. The standard InChI is InChI=1S/C10H14N2O4.C9H14N2O4.C9H10N2O4.CH3.5Y/c1-16-9(15)10(8(13)14)7-3-2-5-12(10)6-4-11-7;2*12-8(13)7(9(14)15)11-5-4-10-3-1-2-6(10)11;;;;;;/h2-6H2,1H3,(H,13,14);6,12-13H,1-5H2,(H,14,15);4H,1-3,5H2,(H-2,12,13,14,15);1H3;;;;;/q;;;-1;;;;;/p+1. The molecule has 275 valence electrons. The molecule has 4 saturated heterocycles. The van der Waals surface area contributed by atoms with Crippen molar-refractivity contribution in [2.45, 2.75) is 50.2 Å². The second-order valence-electron chi connectivity index (χ2n) is 11.3. The predicted octanol–water partition coefficient (Wildman–Crippen LogP) is -4.09. The second-order valence-corrected chi connectivity index (χ2v) is 11.3. The van der Waals surface area contributed by atoms with Crippen LogP contribution in [0, 0.1) is 7.43 Å². The van der Waals surface area contributed by atoms with Gasteiger partial charge in [0.05, 0.1) is 32.5 Å². The summed E-state index contributed by atoms with van der Waals surface area (Å²) in [6.07, 6.45) is 6.87. The van der Waals surface area contributed by atoms with Crippen LogP contribution >= 0.6 is 0 Å². The largest absolute Gasteiger partial charge is 0.625 e. The van der Waals surface area contributed by atoms with Crippen molar-refractivity contribution in [1.29, 1.82) is 0 Å². The van der Waals surface area contributed by atoms with Gasteiger partial charge in [-0.2, -0.15) is 0 Å². The summed E-state index contributed by atoms with van der Waals surface area (Å²) in [7, 11) is 1.21. The number of nitrogens with zero attached hydrogens (tertiary/aromatic N) is 5. The number of aliphatic carboxylic acids is 3. The van der Waals surface area contributed by atoms with Crippen molar-refractivity contribution in [3.05, 3.63) is 30.7 Å². The van der Waals surface area contributed by atoms with E-state index in [9.17, 15) is 34.5 Å². The van der Waals surface area contributed by atoms with Gasteiger partial charge in [0.25, 0.3) is 5.54 Å². The molecule has 4 atom stereocenters. The van der Waals surface area contributed by atoms with Crippen LogP contribution in [0.5, 0.6) is 0 Å². The van der Waals surface area contributed by atoms with Crippen molar-refractivity contribution < 1.29 is 237 Å². The summed E-state index contributed by atoms with van der Waals surface area (Å²) >= 11 is 0. The van der Waals surface area contributed by atoms with Crippen molar-refractivity contribution in [2.75, 3.05) is 59.5 Å². The van der Waals surface area contributed by atoms with E-state index in [1.807, 2.05) is 10.8 Å². The molecule has 6 aliphatic heterocycles. The first-order chi connectivity index (χ1) is 21.9. The molecule has 6 aliphatic rings. The van der Waals surface area contributed by atoms with Crippen LogP contribution < -0.4 is 15.1 Å². The number of aliphatic hydroxyl groups excluding tert-OH is 2. The van der Waals surface area contributed by atoms with E-state index in [0.29, 0.717) is 49.8 Å². The van der Waals surface area contributed by atoms with Crippen LogP contribution in [0.2, 0.25) is 0 Å². The van der Waals surface area contributed by atoms with Crippen molar-refractivity contribution in [2.24, 2.45) is 4.99 Å². The minimum absolute atomic E-state index is 0. The van der Waals surface area contributed by atoms with Crippen molar-refractivity contribution >= 4 is 41.6 Å². The van der Waals surface area contributed by atoms with E-state index in [1.165, 1.54) is 11.7 Å². The van der Waals surface area contributed by atoms with Gasteiger partial charge in [0, 0.05) is 196 Å². The number of esters is 1. The number of hydrogen-bond donors (Lipinski definition) is 6. The number of quaternary nitrogens is 1. The maximum Gasteiger partial charge on any atom is 0.419 e. The normalized spacial score (nSPS) is 25.6. The first-order valence-corrected chi connectivity index (χ1v) is 15.0. The number of aliphatic imine (C=N–C) groups is 1. The van der Waals surface area contributed by atoms with Gasteiger partial charge in [0.2, 0.25) is 18.5 Å². The van der Waals surface area contributed by atoms with Gasteiger partial charge in [-0.25, -0.2) is 24.1 Å². The molecule has 6 heterocycles. The van der Waals surface area contributed by atoms with Gasteiger partial charge in [-0.1, -0.05) is 0 Å². The van der Waals surface area contributed by atoms with Crippen molar-refractivity contribution in [3.8, 4) is 0 Å². The van der Waals surface area contributed by atoms with E-state index >= 15 is 0 Å². The summed E-state index contributed by atoms with van der Waals surface area (Å²) in [4.78, 5) is 53.6. The molecule has 0 aromatic carbocycles. The van der Waals surface area contributed by atoms with Gasteiger partial charge in [-0.15, -0.1) is 9.15 Å². The van der Waals surface area contributed by atoms with Gasteiger partial charge in [0.15, 0.2) is 6.54 Å². The number of aliphatic hydroxyl groups is 2. The van der Waals surface area contributed by atoms with E-state index in [4.69, 9.17) is 20.4 Å².